The van der Waals surface area contributed by atoms with Crippen molar-refractivity contribution in [1.29, 1.82) is 0 Å². The van der Waals surface area contributed by atoms with Crippen molar-refractivity contribution < 1.29 is 4.79 Å². The molecule has 0 aliphatic carbocycles. The number of anilines is 1. The van der Waals surface area contributed by atoms with E-state index >= 15 is 0 Å². The molecule has 1 aromatic rings. The second-order valence-electron chi connectivity index (χ2n) is 3.30. The Morgan fingerprint density at radius 1 is 1.22 bits per heavy atom. The zero-order valence-corrected chi connectivity index (χ0v) is 12.6. The predicted molar refractivity (Wildman–Crippen MR) is 84.1 cm³/mol. The van der Waals surface area contributed by atoms with Gasteiger partial charge in [-0.25, -0.2) is 0 Å². The van der Waals surface area contributed by atoms with Crippen LogP contribution in [-0.4, -0.2) is 18.4 Å². The van der Waals surface area contributed by atoms with Gasteiger partial charge < -0.3 is 5.32 Å². The summed E-state index contributed by atoms with van der Waals surface area (Å²) in [5.41, 5.74) is 1.17. The van der Waals surface area contributed by atoms with E-state index in [2.05, 4.69) is 11.9 Å². The van der Waals surface area contributed by atoms with Crippen LogP contribution in [0.5, 0.6) is 0 Å². The van der Waals surface area contributed by atoms with Gasteiger partial charge in [-0.05, 0) is 24.6 Å². The number of rotatable bonds is 5. The summed E-state index contributed by atoms with van der Waals surface area (Å²) in [7, 11) is 0. The van der Waals surface area contributed by atoms with Crippen molar-refractivity contribution in [3.05, 3.63) is 51.8 Å². The molecule has 1 amide bonds. The van der Waals surface area contributed by atoms with E-state index in [1.54, 1.807) is 0 Å². The van der Waals surface area contributed by atoms with Gasteiger partial charge in [-0.1, -0.05) is 36.4 Å². The van der Waals surface area contributed by atoms with Gasteiger partial charge in [-0.3, -0.25) is 4.79 Å². The minimum absolute atomic E-state index is 0.236. The number of thioether (sulfide) groups is 2. The van der Waals surface area contributed by atoms with Crippen molar-refractivity contribution >= 4 is 46.7 Å². The van der Waals surface area contributed by atoms with Gasteiger partial charge in [0.2, 0.25) is 0 Å². The number of carbonyl (C=O) groups excluding carboxylic acids is 1. The molecular weight excluding hydrogens is 286 g/mol. The quantitative estimate of drug-likeness (QED) is 0.648. The summed E-state index contributed by atoms with van der Waals surface area (Å²) < 4.78 is 0.850. The monoisotopic (exact) mass is 299 g/mol. The van der Waals surface area contributed by atoms with E-state index in [-0.39, 0.29) is 10.9 Å². The molecule has 0 radical (unpaired) electrons. The molecule has 1 rings (SSSR count). The molecule has 0 saturated heterocycles. The van der Waals surface area contributed by atoms with Gasteiger partial charge in [-0.2, -0.15) is 0 Å². The summed E-state index contributed by atoms with van der Waals surface area (Å²) in [4.78, 5) is 12.2. The van der Waals surface area contributed by atoms with Gasteiger partial charge in [0.05, 0.1) is 9.81 Å². The first-order valence-electron chi connectivity index (χ1n) is 5.13. The largest absolute Gasteiger partial charge is 0.322 e. The molecular formula is C13H14ClNOS2. The fourth-order valence-electron chi connectivity index (χ4n) is 1.33. The number of para-hydroxylation sites is 1. The second-order valence-corrected chi connectivity index (χ2v) is 5.64. The van der Waals surface area contributed by atoms with Crippen molar-refractivity contribution in [2.75, 3.05) is 17.8 Å². The van der Waals surface area contributed by atoms with Gasteiger partial charge in [0, 0.05) is 10.7 Å². The van der Waals surface area contributed by atoms with Gasteiger partial charge in [0.25, 0.3) is 5.91 Å². The summed E-state index contributed by atoms with van der Waals surface area (Å²) >= 11 is 8.88. The van der Waals surface area contributed by atoms with Crippen LogP contribution in [0.2, 0.25) is 0 Å². The average Bonchev–Trinajstić information content (AvgIpc) is 2.36. The maximum Gasteiger partial charge on any atom is 0.258 e. The standard InChI is InChI=1S/C13H14ClNOS2/c1-9(14)11(13(17-2)18-3)12(16)15-10-7-5-4-6-8-10/h4-8H,1H2,2-3H3,(H,15,16). The number of amides is 1. The smallest absolute Gasteiger partial charge is 0.258 e. The first-order chi connectivity index (χ1) is 8.60. The van der Waals surface area contributed by atoms with Crippen molar-refractivity contribution in [3.63, 3.8) is 0 Å². The first-order valence-corrected chi connectivity index (χ1v) is 7.96. The number of hydrogen-bond donors (Lipinski definition) is 1. The Morgan fingerprint density at radius 2 is 1.78 bits per heavy atom. The highest BCUT2D eigenvalue weighted by molar-refractivity contribution is 8.21. The van der Waals surface area contributed by atoms with Crippen molar-refractivity contribution in [1.82, 2.24) is 0 Å². The molecule has 2 nitrogen and oxygen atoms in total. The lowest BCUT2D eigenvalue weighted by molar-refractivity contribution is -0.112. The summed E-state index contributed by atoms with van der Waals surface area (Å²) in [6, 6.07) is 9.26. The van der Waals surface area contributed by atoms with Gasteiger partial charge in [0.15, 0.2) is 0 Å². The lowest BCUT2D eigenvalue weighted by Crippen LogP contribution is -2.15. The Labute approximate surface area is 121 Å². The molecule has 0 saturated carbocycles. The Balaban J connectivity index is 2.99. The number of carbonyl (C=O) groups is 1. The molecule has 1 aromatic carbocycles. The fourth-order valence-corrected chi connectivity index (χ4v) is 3.13. The predicted octanol–water partition coefficient (Wildman–Crippen LogP) is 4.32. The van der Waals surface area contributed by atoms with Crippen LogP contribution >= 0.6 is 35.1 Å². The molecule has 0 heterocycles. The average molecular weight is 300 g/mol. The number of halogens is 1. The number of benzene rings is 1. The zero-order chi connectivity index (χ0) is 13.5. The van der Waals surface area contributed by atoms with Gasteiger partial charge >= 0.3 is 0 Å². The van der Waals surface area contributed by atoms with E-state index in [1.165, 1.54) is 23.5 Å². The van der Waals surface area contributed by atoms with Crippen molar-refractivity contribution in [2.24, 2.45) is 0 Å². The van der Waals surface area contributed by atoms with Crippen LogP contribution in [0, 0.1) is 0 Å². The van der Waals surface area contributed by atoms with E-state index < -0.39 is 0 Å². The lowest BCUT2D eigenvalue weighted by Gasteiger charge is -2.11. The molecule has 5 heteroatoms. The number of hydrogen-bond acceptors (Lipinski definition) is 3. The molecule has 1 N–H and O–H groups in total. The summed E-state index contributed by atoms with van der Waals surface area (Å²) in [6.07, 6.45) is 3.81. The van der Waals surface area contributed by atoms with Crippen LogP contribution in [0.15, 0.2) is 51.8 Å². The van der Waals surface area contributed by atoms with Crippen LogP contribution in [0.25, 0.3) is 0 Å². The summed E-state index contributed by atoms with van der Waals surface area (Å²) in [5, 5.41) is 3.06. The highest BCUT2D eigenvalue weighted by Crippen LogP contribution is 2.32. The van der Waals surface area contributed by atoms with Crippen LogP contribution in [0.1, 0.15) is 0 Å². The molecule has 0 atom stereocenters. The molecule has 0 bridgehead atoms. The topological polar surface area (TPSA) is 29.1 Å². The molecule has 0 aliphatic rings. The third kappa shape index (κ3) is 4.12. The number of nitrogens with one attached hydrogen (secondary N) is 1. The van der Waals surface area contributed by atoms with Crippen molar-refractivity contribution in [3.8, 4) is 0 Å². The van der Waals surface area contributed by atoms with Crippen molar-refractivity contribution in [2.45, 2.75) is 0 Å². The fraction of sp³-hybridized carbons (Fsp3) is 0.154. The molecule has 0 unspecified atom stereocenters. The highest BCUT2D eigenvalue weighted by atomic mass is 35.5. The SMILES string of the molecule is C=C(Cl)C(C(=O)Nc1ccccc1)=C(SC)SC. The maximum absolute atomic E-state index is 12.2. The van der Waals surface area contributed by atoms with Gasteiger partial charge in [-0.15, -0.1) is 23.5 Å². The molecule has 0 fully saturated rings. The van der Waals surface area contributed by atoms with E-state index in [0.717, 1.165) is 9.92 Å². The summed E-state index contributed by atoms with van der Waals surface area (Å²) in [6.45, 7) is 3.66. The zero-order valence-electron chi connectivity index (χ0n) is 10.2. The van der Waals surface area contributed by atoms with Crippen LogP contribution < -0.4 is 5.32 Å². The summed E-state index contributed by atoms with van der Waals surface area (Å²) in [5.74, 6) is -0.236. The first kappa shape index (κ1) is 15.2. The van der Waals surface area contributed by atoms with E-state index in [0.29, 0.717) is 5.57 Å². The van der Waals surface area contributed by atoms with Crippen LogP contribution in [0.3, 0.4) is 0 Å². The normalized spacial score (nSPS) is 9.72. The lowest BCUT2D eigenvalue weighted by atomic mass is 10.2. The molecule has 0 aromatic heterocycles. The van der Waals surface area contributed by atoms with Gasteiger partial charge in [0.1, 0.15) is 0 Å². The minimum Gasteiger partial charge on any atom is -0.322 e. The van der Waals surface area contributed by atoms with E-state index in [4.69, 9.17) is 11.6 Å². The maximum atomic E-state index is 12.2. The third-order valence-corrected chi connectivity index (χ3v) is 4.44. The van der Waals surface area contributed by atoms with Crippen LogP contribution in [-0.2, 0) is 4.79 Å². The Kier molecular flexibility index (Phi) is 6.39. The second kappa shape index (κ2) is 7.56. The molecule has 18 heavy (non-hydrogen) atoms. The third-order valence-electron chi connectivity index (χ3n) is 2.10. The van der Waals surface area contributed by atoms with E-state index in [1.807, 2.05) is 42.8 Å². The molecule has 96 valence electrons. The molecule has 0 aliphatic heterocycles. The van der Waals surface area contributed by atoms with Crippen LogP contribution in [0.4, 0.5) is 5.69 Å². The Hall–Kier alpha value is -0.840. The Bertz CT molecular complexity index is 465. The highest BCUT2D eigenvalue weighted by Gasteiger charge is 2.17. The Morgan fingerprint density at radius 3 is 2.22 bits per heavy atom. The molecule has 0 spiro atoms. The van der Waals surface area contributed by atoms with E-state index in [9.17, 15) is 4.79 Å². The minimum atomic E-state index is -0.236.